The van der Waals surface area contributed by atoms with E-state index in [1.165, 1.54) is 28.6 Å². The molecule has 3 aromatic rings. The van der Waals surface area contributed by atoms with Gasteiger partial charge in [-0.05, 0) is 53.9 Å². The summed E-state index contributed by atoms with van der Waals surface area (Å²) in [5, 5.41) is 4.75. The Labute approximate surface area is 185 Å². The Bertz CT molecular complexity index is 1140. The predicted molar refractivity (Wildman–Crippen MR) is 119 cm³/mol. The summed E-state index contributed by atoms with van der Waals surface area (Å²) in [6.07, 6.45) is 0. The minimum atomic E-state index is -3.72. The fraction of sp³-hybridized carbons (Fsp3) is 0.227. The van der Waals surface area contributed by atoms with Crippen molar-refractivity contribution in [2.75, 3.05) is 31.1 Å². The first-order valence-corrected chi connectivity index (χ1v) is 12.2. The van der Waals surface area contributed by atoms with E-state index >= 15 is 0 Å². The Balaban J connectivity index is 1.42. The highest BCUT2D eigenvalue weighted by molar-refractivity contribution is 7.89. The van der Waals surface area contributed by atoms with E-state index in [0.29, 0.717) is 38.3 Å². The maximum Gasteiger partial charge on any atom is 0.251 e. The molecular weight excluding hydrogens is 437 g/mol. The lowest BCUT2D eigenvalue weighted by atomic mass is 10.2. The molecule has 1 saturated heterocycles. The summed E-state index contributed by atoms with van der Waals surface area (Å²) < 4.78 is 40.8. The normalized spacial score (nSPS) is 15.1. The summed E-state index contributed by atoms with van der Waals surface area (Å²) in [5.41, 5.74) is 1.17. The van der Waals surface area contributed by atoms with Crippen LogP contribution in [0, 0.1) is 5.82 Å². The van der Waals surface area contributed by atoms with Gasteiger partial charge >= 0.3 is 0 Å². The number of carbonyl (C=O) groups is 1. The second-order valence-electron chi connectivity index (χ2n) is 7.16. The molecule has 0 aliphatic carbocycles. The summed E-state index contributed by atoms with van der Waals surface area (Å²) in [6, 6.07) is 16.1. The Morgan fingerprint density at radius 3 is 2.42 bits per heavy atom. The quantitative estimate of drug-likeness (QED) is 0.614. The van der Waals surface area contributed by atoms with Crippen LogP contribution in [0.15, 0.2) is 70.9 Å². The van der Waals surface area contributed by atoms with Crippen molar-refractivity contribution in [3.63, 3.8) is 0 Å². The molecule has 1 amide bonds. The van der Waals surface area contributed by atoms with Gasteiger partial charge in [0, 0.05) is 42.3 Å². The molecule has 2 aromatic carbocycles. The van der Waals surface area contributed by atoms with Crippen LogP contribution in [0.5, 0.6) is 0 Å². The molecule has 4 rings (SSSR count). The molecule has 0 saturated carbocycles. The summed E-state index contributed by atoms with van der Waals surface area (Å²) in [6.45, 7) is 2.04. The number of nitrogens with zero attached hydrogens (tertiary/aromatic N) is 2. The van der Waals surface area contributed by atoms with Crippen LogP contribution in [0.1, 0.15) is 15.2 Å². The Hall–Kier alpha value is -2.75. The van der Waals surface area contributed by atoms with Crippen molar-refractivity contribution in [2.24, 2.45) is 0 Å². The van der Waals surface area contributed by atoms with Crippen molar-refractivity contribution in [3.8, 4) is 0 Å². The largest absolute Gasteiger partial charge is 0.369 e. The van der Waals surface area contributed by atoms with Crippen LogP contribution in [0.4, 0.5) is 10.1 Å². The van der Waals surface area contributed by atoms with E-state index in [2.05, 4.69) is 5.32 Å². The molecule has 0 atom stereocenters. The highest BCUT2D eigenvalue weighted by atomic mass is 32.2. The molecule has 0 unspecified atom stereocenters. The lowest BCUT2D eigenvalue weighted by molar-refractivity contribution is 0.0951. The van der Waals surface area contributed by atoms with Gasteiger partial charge in [0.25, 0.3) is 5.91 Å². The first-order valence-electron chi connectivity index (χ1n) is 9.85. The van der Waals surface area contributed by atoms with Gasteiger partial charge in [0.1, 0.15) is 5.82 Å². The smallest absolute Gasteiger partial charge is 0.251 e. The molecule has 6 nitrogen and oxygen atoms in total. The molecule has 1 aliphatic heterocycles. The number of piperazine rings is 1. The molecule has 2 heterocycles. The second-order valence-corrected chi connectivity index (χ2v) is 10.1. The number of hydrogen-bond acceptors (Lipinski definition) is 5. The molecule has 1 aliphatic rings. The fourth-order valence-corrected chi connectivity index (χ4v) is 5.58. The number of carbonyl (C=O) groups excluding carboxylic acids is 1. The van der Waals surface area contributed by atoms with E-state index in [9.17, 15) is 17.6 Å². The van der Waals surface area contributed by atoms with Crippen LogP contribution in [0.3, 0.4) is 0 Å². The molecular formula is C22H22FN3O3S2. The summed E-state index contributed by atoms with van der Waals surface area (Å²) >= 11 is 1.55. The Morgan fingerprint density at radius 1 is 1.00 bits per heavy atom. The van der Waals surface area contributed by atoms with Crippen LogP contribution < -0.4 is 10.2 Å². The van der Waals surface area contributed by atoms with Gasteiger partial charge < -0.3 is 10.2 Å². The van der Waals surface area contributed by atoms with E-state index in [1.807, 2.05) is 22.4 Å². The molecule has 31 heavy (non-hydrogen) atoms. The van der Waals surface area contributed by atoms with Crippen molar-refractivity contribution in [1.82, 2.24) is 9.62 Å². The monoisotopic (exact) mass is 459 g/mol. The molecule has 1 fully saturated rings. The highest BCUT2D eigenvalue weighted by Crippen LogP contribution is 2.22. The summed E-state index contributed by atoms with van der Waals surface area (Å²) in [5.74, 6) is -0.615. The molecule has 0 bridgehead atoms. The Morgan fingerprint density at radius 2 is 1.74 bits per heavy atom. The standard InChI is InChI=1S/C22H22FN3O3S2/c23-18-6-8-19(9-7-18)25-10-12-26(13-11-25)31(28,29)21-5-1-3-17(15-21)22(27)24-16-20-4-2-14-30-20/h1-9,14-15H,10-13,16H2,(H,24,27). The van der Waals surface area contributed by atoms with E-state index in [-0.39, 0.29) is 16.6 Å². The highest BCUT2D eigenvalue weighted by Gasteiger charge is 2.29. The van der Waals surface area contributed by atoms with E-state index in [0.717, 1.165) is 10.6 Å². The molecule has 1 aromatic heterocycles. The third-order valence-electron chi connectivity index (χ3n) is 5.17. The van der Waals surface area contributed by atoms with Crippen molar-refractivity contribution < 1.29 is 17.6 Å². The minimum absolute atomic E-state index is 0.103. The number of nitrogens with one attached hydrogen (secondary N) is 1. The summed E-state index contributed by atoms with van der Waals surface area (Å²) in [7, 11) is -3.72. The first-order chi connectivity index (χ1) is 14.9. The van der Waals surface area contributed by atoms with E-state index < -0.39 is 10.0 Å². The second kappa shape index (κ2) is 9.17. The maximum atomic E-state index is 13.1. The van der Waals surface area contributed by atoms with E-state index in [4.69, 9.17) is 0 Å². The predicted octanol–water partition coefficient (Wildman–Crippen LogP) is 3.33. The zero-order valence-electron chi connectivity index (χ0n) is 16.7. The van der Waals surface area contributed by atoms with Gasteiger partial charge in [0.2, 0.25) is 10.0 Å². The molecule has 9 heteroatoms. The average molecular weight is 460 g/mol. The zero-order valence-corrected chi connectivity index (χ0v) is 18.3. The molecule has 162 valence electrons. The number of thiophene rings is 1. The van der Waals surface area contributed by atoms with Crippen LogP contribution in [0.2, 0.25) is 0 Å². The van der Waals surface area contributed by atoms with Crippen LogP contribution in [-0.2, 0) is 16.6 Å². The molecule has 1 N–H and O–H groups in total. The van der Waals surface area contributed by atoms with Crippen molar-refractivity contribution >= 4 is 33.0 Å². The van der Waals surface area contributed by atoms with Gasteiger partial charge in [-0.3, -0.25) is 4.79 Å². The van der Waals surface area contributed by atoms with Gasteiger partial charge in [-0.2, -0.15) is 4.31 Å². The lowest BCUT2D eigenvalue weighted by Crippen LogP contribution is -2.48. The average Bonchev–Trinajstić information content (AvgIpc) is 3.32. The lowest BCUT2D eigenvalue weighted by Gasteiger charge is -2.35. The number of sulfonamides is 1. The number of rotatable bonds is 6. The SMILES string of the molecule is O=C(NCc1cccs1)c1cccc(S(=O)(=O)N2CCN(c3ccc(F)cc3)CC2)c1. The van der Waals surface area contributed by atoms with Crippen molar-refractivity contribution in [2.45, 2.75) is 11.4 Å². The Kier molecular flexibility index (Phi) is 6.35. The van der Waals surface area contributed by atoms with Gasteiger partial charge in [-0.25, -0.2) is 12.8 Å². The van der Waals surface area contributed by atoms with Gasteiger partial charge in [-0.1, -0.05) is 12.1 Å². The van der Waals surface area contributed by atoms with Crippen molar-refractivity contribution in [3.05, 3.63) is 82.3 Å². The van der Waals surface area contributed by atoms with Gasteiger partial charge in [-0.15, -0.1) is 11.3 Å². The van der Waals surface area contributed by atoms with Gasteiger partial charge in [0.15, 0.2) is 0 Å². The number of hydrogen-bond donors (Lipinski definition) is 1. The van der Waals surface area contributed by atoms with Crippen molar-refractivity contribution in [1.29, 1.82) is 0 Å². The fourth-order valence-electron chi connectivity index (χ4n) is 3.47. The third kappa shape index (κ3) is 4.95. The topological polar surface area (TPSA) is 69.7 Å². The number of anilines is 1. The minimum Gasteiger partial charge on any atom is -0.369 e. The van der Waals surface area contributed by atoms with Gasteiger partial charge in [0.05, 0.1) is 11.4 Å². The number of halogens is 1. The maximum absolute atomic E-state index is 13.1. The first kappa shape index (κ1) is 21.5. The summed E-state index contributed by atoms with van der Waals surface area (Å²) in [4.78, 5) is 15.6. The molecule has 0 radical (unpaired) electrons. The third-order valence-corrected chi connectivity index (χ3v) is 7.94. The molecule has 0 spiro atoms. The van der Waals surface area contributed by atoms with Crippen LogP contribution >= 0.6 is 11.3 Å². The zero-order chi connectivity index (χ0) is 21.8. The van der Waals surface area contributed by atoms with E-state index in [1.54, 1.807) is 35.6 Å². The number of benzene rings is 2. The van der Waals surface area contributed by atoms with Crippen LogP contribution in [0.25, 0.3) is 0 Å². The number of amides is 1. The van der Waals surface area contributed by atoms with Crippen LogP contribution in [-0.4, -0.2) is 44.8 Å².